The van der Waals surface area contributed by atoms with Gasteiger partial charge in [-0.1, -0.05) is 65.9 Å². The van der Waals surface area contributed by atoms with Gasteiger partial charge in [0.1, 0.15) is 0 Å². The highest BCUT2D eigenvalue weighted by Crippen LogP contribution is 2.49. The van der Waals surface area contributed by atoms with E-state index in [0.717, 1.165) is 29.9 Å². The molecular weight excluding hydrogens is 294 g/mol. The fourth-order valence-corrected chi connectivity index (χ4v) is 6.35. The predicted molar refractivity (Wildman–Crippen MR) is 100 cm³/mol. The molecule has 1 N–H and O–H groups in total. The molecule has 2 nitrogen and oxygen atoms in total. The van der Waals surface area contributed by atoms with E-state index >= 15 is 0 Å². The topological polar surface area (TPSA) is 29.1 Å². The van der Waals surface area contributed by atoms with Crippen molar-refractivity contribution in [3.8, 4) is 0 Å². The van der Waals surface area contributed by atoms with Crippen LogP contribution in [0.3, 0.4) is 0 Å². The van der Waals surface area contributed by atoms with Crippen LogP contribution < -0.4 is 5.32 Å². The van der Waals surface area contributed by atoms with Gasteiger partial charge in [0.15, 0.2) is 0 Å². The summed E-state index contributed by atoms with van der Waals surface area (Å²) in [7, 11) is 0. The molecule has 0 aromatic rings. The van der Waals surface area contributed by atoms with Gasteiger partial charge in [-0.3, -0.25) is 4.79 Å². The standard InChI is InChI=1S/C22H37NO/c1-5-18(19-12-7-6-10-15(19)3)21-20(16(4)23-22(21)24)17-11-8-9-14(2)13-17/h14-15,17-21H,4-13H2,1-3H3,(H,23,24). The van der Waals surface area contributed by atoms with E-state index in [0.29, 0.717) is 17.8 Å². The summed E-state index contributed by atoms with van der Waals surface area (Å²) < 4.78 is 0. The summed E-state index contributed by atoms with van der Waals surface area (Å²) in [4.78, 5) is 12.9. The summed E-state index contributed by atoms with van der Waals surface area (Å²) in [6.45, 7) is 11.4. The first-order chi connectivity index (χ1) is 11.5. The third kappa shape index (κ3) is 3.44. The first-order valence-electron chi connectivity index (χ1n) is 10.5. The molecule has 3 rings (SSSR count). The first kappa shape index (κ1) is 18.0. The molecule has 0 aromatic heterocycles. The summed E-state index contributed by atoms with van der Waals surface area (Å²) in [6, 6.07) is 0. The Bertz CT molecular complexity index is 471. The average molecular weight is 332 g/mol. The molecule has 136 valence electrons. The molecule has 0 aromatic carbocycles. The Morgan fingerprint density at radius 2 is 1.88 bits per heavy atom. The molecule has 3 fully saturated rings. The molecule has 1 aliphatic heterocycles. The van der Waals surface area contributed by atoms with Crippen LogP contribution in [0.5, 0.6) is 0 Å². The van der Waals surface area contributed by atoms with E-state index in [1.165, 1.54) is 51.4 Å². The molecule has 1 saturated heterocycles. The zero-order chi connectivity index (χ0) is 17.3. The lowest BCUT2D eigenvalue weighted by Gasteiger charge is -2.41. The van der Waals surface area contributed by atoms with Gasteiger partial charge in [-0.15, -0.1) is 0 Å². The van der Waals surface area contributed by atoms with Gasteiger partial charge in [0.05, 0.1) is 0 Å². The summed E-state index contributed by atoms with van der Waals surface area (Å²) in [5, 5.41) is 3.16. The number of carbonyl (C=O) groups excluding carboxylic acids is 1. The first-order valence-corrected chi connectivity index (χ1v) is 10.5. The molecule has 7 unspecified atom stereocenters. The van der Waals surface area contributed by atoms with Crippen molar-refractivity contribution in [1.29, 1.82) is 0 Å². The molecular formula is C22H37NO. The van der Waals surface area contributed by atoms with E-state index in [9.17, 15) is 4.79 Å². The van der Waals surface area contributed by atoms with E-state index < -0.39 is 0 Å². The summed E-state index contributed by atoms with van der Waals surface area (Å²) in [5.74, 6) is 4.38. The van der Waals surface area contributed by atoms with Gasteiger partial charge in [0, 0.05) is 17.5 Å². The van der Waals surface area contributed by atoms with E-state index in [1.54, 1.807) is 0 Å². The normalized spacial score (nSPS) is 42.0. The Balaban J connectivity index is 1.83. The lowest BCUT2D eigenvalue weighted by molar-refractivity contribution is -0.126. The lowest BCUT2D eigenvalue weighted by Crippen LogP contribution is -2.38. The van der Waals surface area contributed by atoms with Gasteiger partial charge in [-0.2, -0.15) is 0 Å². The minimum absolute atomic E-state index is 0.184. The van der Waals surface area contributed by atoms with Crippen LogP contribution in [0, 0.1) is 41.4 Å². The number of allylic oxidation sites excluding steroid dienone is 1. The molecule has 24 heavy (non-hydrogen) atoms. The van der Waals surface area contributed by atoms with Crippen LogP contribution in [0.2, 0.25) is 0 Å². The number of rotatable bonds is 4. The molecule has 1 amide bonds. The Kier molecular flexibility index (Phi) is 5.72. The molecule has 2 aliphatic carbocycles. The van der Waals surface area contributed by atoms with Gasteiger partial charge in [-0.05, 0) is 48.9 Å². The highest BCUT2D eigenvalue weighted by Gasteiger charge is 2.48. The van der Waals surface area contributed by atoms with Crippen molar-refractivity contribution in [2.45, 2.75) is 78.6 Å². The van der Waals surface area contributed by atoms with Crippen LogP contribution in [-0.4, -0.2) is 5.91 Å². The second-order valence-electron chi connectivity index (χ2n) is 9.10. The molecule has 0 radical (unpaired) electrons. The van der Waals surface area contributed by atoms with Crippen molar-refractivity contribution in [3.05, 3.63) is 12.3 Å². The van der Waals surface area contributed by atoms with Crippen molar-refractivity contribution in [2.75, 3.05) is 0 Å². The fourth-order valence-electron chi connectivity index (χ4n) is 6.35. The second-order valence-corrected chi connectivity index (χ2v) is 9.10. The molecule has 0 spiro atoms. The third-order valence-corrected chi connectivity index (χ3v) is 7.52. The van der Waals surface area contributed by atoms with Crippen LogP contribution in [0.25, 0.3) is 0 Å². The third-order valence-electron chi connectivity index (χ3n) is 7.52. The van der Waals surface area contributed by atoms with E-state index in [1.807, 2.05) is 0 Å². The molecule has 2 heteroatoms. The van der Waals surface area contributed by atoms with E-state index in [2.05, 4.69) is 32.7 Å². The molecule has 7 atom stereocenters. The smallest absolute Gasteiger partial charge is 0.228 e. The van der Waals surface area contributed by atoms with E-state index in [4.69, 9.17) is 0 Å². The second kappa shape index (κ2) is 7.62. The Labute approximate surface area is 148 Å². The van der Waals surface area contributed by atoms with Crippen molar-refractivity contribution in [1.82, 2.24) is 5.32 Å². The lowest BCUT2D eigenvalue weighted by atomic mass is 9.62. The highest BCUT2D eigenvalue weighted by atomic mass is 16.2. The minimum Gasteiger partial charge on any atom is -0.330 e. The van der Waals surface area contributed by atoms with Crippen LogP contribution in [0.4, 0.5) is 0 Å². The maximum absolute atomic E-state index is 12.9. The number of amides is 1. The molecule has 3 aliphatic rings. The molecule has 0 bridgehead atoms. The quantitative estimate of drug-likeness (QED) is 0.720. The predicted octanol–water partition coefficient (Wildman–Crippen LogP) is 5.54. The zero-order valence-electron chi connectivity index (χ0n) is 16.0. The SMILES string of the molecule is C=C1NC(=O)C(C(CC)C2CCCCC2C)C1C1CCCC(C)C1. The summed E-state index contributed by atoms with van der Waals surface area (Å²) >= 11 is 0. The number of nitrogens with one attached hydrogen (secondary N) is 1. The van der Waals surface area contributed by atoms with Gasteiger partial charge in [0.2, 0.25) is 5.91 Å². The zero-order valence-corrected chi connectivity index (χ0v) is 16.0. The Morgan fingerprint density at radius 3 is 2.54 bits per heavy atom. The van der Waals surface area contributed by atoms with Crippen LogP contribution in [-0.2, 0) is 4.79 Å². The largest absolute Gasteiger partial charge is 0.330 e. The van der Waals surface area contributed by atoms with Gasteiger partial charge in [-0.25, -0.2) is 0 Å². The van der Waals surface area contributed by atoms with Crippen molar-refractivity contribution in [3.63, 3.8) is 0 Å². The Morgan fingerprint density at radius 1 is 1.12 bits per heavy atom. The summed E-state index contributed by atoms with van der Waals surface area (Å²) in [6.07, 6.45) is 11.8. The average Bonchev–Trinajstić information content (AvgIpc) is 2.84. The van der Waals surface area contributed by atoms with Crippen LogP contribution in [0.15, 0.2) is 12.3 Å². The van der Waals surface area contributed by atoms with Gasteiger partial charge < -0.3 is 5.32 Å². The minimum atomic E-state index is 0.184. The maximum atomic E-state index is 12.9. The van der Waals surface area contributed by atoms with Crippen molar-refractivity contribution in [2.24, 2.45) is 41.4 Å². The number of carbonyl (C=O) groups is 1. The fraction of sp³-hybridized carbons (Fsp3) is 0.864. The van der Waals surface area contributed by atoms with Gasteiger partial charge >= 0.3 is 0 Å². The van der Waals surface area contributed by atoms with Crippen LogP contribution in [0.1, 0.15) is 78.6 Å². The molecule has 1 heterocycles. The Hall–Kier alpha value is -0.790. The van der Waals surface area contributed by atoms with Crippen molar-refractivity contribution >= 4 is 5.91 Å². The van der Waals surface area contributed by atoms with Crippen LogP contribution >= 0.6 is 0 Å². The van der Waals surface area contributed by atoms with E-state index in [-0.39, 0.29) is 11.8 Å². The molecule has 2 saturated carbocycles. The number of hydrogen-bond acceptors (Lipinski definition) is 1. The number of hydrogen-bond donors (Lipinski definition) is 1. The van der Waals surface area contributed by atoms with Gasteiger partial charge in [0.25, 0.3) is 0 Å². The van der Waals surface area contributed by atoms with Crippen molar-refractivity contribution < 1.29 is 4.79 Å². The summed E-state index contributed by atoms with van der Waals surface area (Å²) in [5.41, 5.74) is 1.03. The highest BCUT2D eigenvalue weighted by molar-refractivity contribution is 5.84. The monoisotopic (exact) mass is 331 g/mol. The maximum Gasteiger partial charge on any atom is 0.228 e.